The van der Waals surface area contributed by atoms with E-state index in [1.807, 2.05) is 0 Å². The molecule has 0 atom stereocenters. The van der Waals surface area contributed by atoms with Gasteiger partial charge in [0.15, 0.2) is 0 Å². The second-order valence-electron chi connectivity index (χ2n) is 6.18. The topological polar surface area (TPSA) is 29.3 Å². The molecule has 0 spiro atoms. The Balaban J connectivity index is 2.15. The van der Waals surface area contributed by atoms with Crippen LogP contribution in [0.25, 0.3) is 0 Å². The van der Waals surface area contributed by atoms with Crippen molar-refractivity contribution in [1.82, 2.24) is 0 Å². The average Bonchev–Trinajstić information content (AvgIpc) is 2.40. The molecule has 106 valence electrons. The Kier molecular flexibility index (Phi) is 4.87. The van der Waals surface area contributed by atoms with Gasteiger partial charge in [0.2, 0.25) is 0 Å². The summed E-state index contributed by atoms with van der Waals surface area (Å²) in [4.78, 5) is 2.59. The highest BCUT2D eigenvalue weighted by molar-refractivity contribution is 5.60. The Bertz CT molecular complexity index is 404. The maximum absolute atomic E-state index is 5.68. The Morgan fingerprint density at radius 3 is 2.53 bits per heavy atom. The highest BCUT2D eigenvalue weighted by atomic mass is 15.1. The van der Waals surface area contributed by atoms with E-state index in [0.29, 0.717) is 5.92 Å². The van der Waals surface area contributed by atoms with E-state index in [1.54, 1.807) is 0 Å². The monoisotopic (exact) mass is 260 g/mol. The van der Waals surface area contributed by atoms with Crippen molar-refractivity contribution in [1.29, 1.82) is 0 Å². The summed E-state index contributed by atoms with van der Waals surface area (Å²) < 4.78 is 0. The van der Waals surface area contributed by atoms with Gasteiger partial charge in [-0.1, -0.05) is 32.0 Å². The summed E-state index contributed by atoms with van der Waals surface area (Å²) in [6.45, 7) is 10.0. The van der Waals surface area contributed by atoms with Crippen LogP contribution in [0.4, 0.5) is 5.69 Å². The first-order valence-corrected chi connectivity index (χ1v) is 7.68. The van der Waals surface area contributed by atoms with Crippen LogP contribution in [-0.2, 0) is 0 Å². The number of nitrogens with zero attached hydrogens (tertiary/aromatic N) is 1. The van der Waals surface area contributed by atoms with Gasteiger partial charge in [0.1, 0.15) is 0 Å². The molecule has 1 aromatic rings. The zero-order valence-corrected chi connectivity index (χ0v) is 12.7. The summed E-state index contributed by atoms with van der Waals surface area (Å²) in [5.41, 5.74) is 10.1. The fourth-order valence-electron chi connectivity index (χ4n) is 3.26. The molecule has 1 aromatic carbocycles. The SMILES string of the molecule is Cc1cccc(C(C)C)c1N1CCC(CCN)CC1. The van der Waals surface area contributed by atoms with Gasteiger partial charge in [-0.05, 0) is 55.7 Å². The van der Waals surface area contributed by atoms with Crippen molar-refractivity contribution < 1.29 is 0 Å². The molecule has 0 saturated carbocycles. The van der Waals surface area contributed by atoms with E-state index in [4.69, 9.17) is 5.73 Å². The second kappa shape index (κ2) is 6.42. The number of aryl methyl sites for hydroxylation is 1. The van der Waals surface area contributed by atoms with Crippen LogP contribution in [0.5, 0.6) is 0 Å². The molecule has 0 amide bonds. The molecule has 0 aliphatic carbocycles. The number of hydrogen-bond donors (Lipinski definition) is 1. The zero-order chi connectivity index (χ0) is 13.8. The maximum atomic E-state index is 5.68. The quantitative estimate of drug-likeness (QED) is 0.894. The van der Waals surface area contributed by atoms with Gasteiger partial charge in [-0.15, -0.1) is 0 Å². The van der Waals surface area contributed by atoms with Crippen molar-refractivity contribution in [3.8, 4) is 0 Å². The van der Waals surface area contributed by atoms with Crippen molar-refractivity contribution in [3.63, 3.8) is 0 Å². The number of para-hydroxylation sites is 1. The van der Waals surface area contributed by atoms with E-state index in [2.05, 4.69) is 43.9 Å². The minimum atomic E-state index is 0.594. The Labute approximate surface area is 118 Å². The van der Waals surface area contributed by atoms with Crippen LogP contribution in [0.2, 0.25) is 0 Å². The summed E-state index contributed by atoms with van der Waals surface area (Å²) in [7, 11) is 0. The van der Waals surface area contributed by atoms with Gasteiger partial charge in [-0.25, -0.2) is 0 Å². The van der Waals surface area contributed by atoms with Crippen LogP contribution in [0.15, 0.2) is 18.2 Å². The normalized spacial score (nSPS) is 17.2. The number of nitrogens with two attached hydrogens (primary N) is 1. The lowest BCUT2D eigenvalue weighted by Gasteiger charge is -2.36. The van der Waals surface area contributed by atoms with Crippen molar-refractivity contribution in [2.75, 3.05) is 24.5 Å². The van der Waals surface area contributed by atoms with E-state index in [1.165, 1.54) is 49.2 Å². The molecule has 1 heterocycles. The van der Waals surface area contributed by atoms with Crippen LogP contribution in [0.3, 0.4) is 0 Å². The minimum absolute atomic E-state index is 0.594. The van der Waals surface area contributed by atoms with E-state index in [0.717, 1.165) is 12.5 Å². The third-order valence-electron chi connectivity index (χ3n) is 4.40. The standard InChI is InChI=1S/C17H28N2/c1-13(2)16-6-4-5-14(3)17(16)19-11-8-15(7-10-18)9-12-19/h4-6,13,15H,7-12,18H2,1-3H3. The lowest BCUT2D eigenvalue weighted by Crippen LogP contribution is -2.35. The van der Waals surface area contributed by atoms with E-state index in [9.17, 15) is 0 Å². The van der Waals surface area contributed by atoms with Crippen LogP contribution in [0.1, 0.15) is 50.2 Å². The van der Waals surface area contributed by atoms with Gasteiger partial charge in [-0.2, -0.15) is 0 Å². The third kappa shape index (κ3) is 3.30. The van der Waals surface area contributed by atoms with E-state index in [-0.39, 0.29) is 0 Å². The lowest BCUT2D eigenvalue weighted by molar-refractivity contribution is 0.385. The first kappa shape index (κ1) is 14.4. The highest BCUT2D eigenvalue weighted by Crippen LogP contribution is 2.33. The summed E-state index contributed by atoms with van der Waals surface area (Å²) in [6, 6.07) is 6.72. The van der Waals surface area contributed by atoms with Crippen molar-refractivity contribution in [2.45, 2.75) is 46.0 Å². The number of piperidine rings is 1. The van der Waals surface area contributed by atoms with Crippen LogP contribution in [-0.4, -0.2) is 19.6 Å². The smallest absolute Gasteiger partial charge is 0.0431 e. The predicted molar refractivity (Wildman–Crippen MR) is 83.9 cm³/mol. The number of hydrogen-bond acceptors (Lipinski definition) is 2. The van der Waals surface area contributed by atoms with Gasteiger partial charge in [0.05, 0.1) is 0 Å². The van der Waals surface area contributed by atoms with E-state index >= 15 is 0 Å². The third-order valence-corrected chi connectivity index (χ3v) is 4.40. The van der Waals surface area contributed by atoms with Gasteiger partial charge >= 0.3 is 0 Å². The largest absolute Gasteiger partial charge is 0.371 e. The summed E-state index contributed by atoms with van der Waals surface area (Å²) in [5, 5.41) is 0. The molecule has 1 fully saturated rings. The predicted octanol–water partition coefficient (Wildman–Crippen LogP) is 3.68. The molecule has 0 radical (unpaired) electrons. The molecule has 0 bridgehead atoms. The summed E-state index contributed by atoms with van der Waals surface area (Å²) >= 11 is 0. The number of rotatable bonds is 4. The van der Waals surface area contributed by atoms with E-state index < -0.39 is 0 Å². The van der Waals surface area contributed by atoms with Gasteiger partial charge < -0.3 is 10.6 Å². The molecule has 1 saturated heterocycles. The molecular formula is C17H28N2. The molecule has 0 unspecified atom stereocenters. The molecule has 2 heteroatoms. The van der Waals surface area contributed by atoms with Crippen molar-refractivity contribution >= 4 is 5.69 Å². The van der Waals surface area contributed by atoms with Crippen LogP contribution < -0.4 is 10.6 Å². The van der Waals surface area contributed by atoms with Gasteiger partial charge in [0.25, 0.3) is 0 Å². The Hall–Kier alpha value is -1.02. The lowest BCUT2D eigenvalue weighted by atomic mass is 9.91. The highest BCUT2D eigenvalue weighted by Gasteiger charge is 2.22. The fraction of sp³-hybridized carbons (Fsp3) is 0.647. The zero-order valence-electron chi connectivity index (χ0n) is 12.7. The molecule has 0 aromatic heterocycles. The number of benzene rings is 1. The second-order valence-corrected chi connectivity index (χ2v) is 6.18. The molecule has 1 aliphatic rings. The molecule has 1 aliphatic heterocycles. The van der Waals surface area contributed by atoms with Crippen LogP contribution >= 0.6 is 0 Å². The Morgan fingerprint density at radius 2 is 1.95 bits per heavy atom. The molecule has 2 rings (SSSR count). The summed E-state index contributed by atoms with van der Waals surface area (Å²) in [5.74, 6) is 1.43. The molecular weight excluding hydrogens is 232 g/mol. The average molecular weight is 260 g/mol. The van der Waals surface area contributed by atoms with Crippen molar-refractivity contribution in [3.05, 3.63) is 29.3 Å². The Morgan fingerprint density at radius 1 is 1.26 bits per heavy atom. The number of anilines is 1. The van der Waals surface area contributed by atoms with Gasteiger partial charge in [0, 0.05) is 18.8 Å². The fourth-order valence-corrected chi connectivity index (χ4v) is 3.26. The first-order chi connectivity index (χ1) is 9.13. The van der Waals surface area contributed by atoms with Crippen LogP contribution in [0, 0.1) is 12.8 Å². The molecule has 19 heavy (non-hydrogen) atoms. The minimum Gasteiger partial charge on any atom is -0.371 e. The first-order valence-electron chi connectivity index (χ1n) is 7.68. The molecule has 2 nitrogen and oxygen atoms in total. The molecule has 2 N–H and O–H groups in total. The van der Waals surface area contributed by atoms with Gasteiger partial charge in [-0.3, -0.25) is 0 Å². The van der Waals surface area contributed by atoms with Crippen molar-refractivity contribution in [2.24, 2.45) is 11.7 Å². The maximum Gasteiger partial charge on any atom is 0.0431 e. The summed E-state index contributed by atoms with van der Waals surface area (Å²) in [6.07, 6.45) is 3.78.